The minimum atomic E-state index is -4.66. The summed E-state index contributed by atoms with van der Waals surface area (Å²) in [5.74, 6) is -2.00. The van der Waals surface area contributed by atoms with Gasteiger partial charge in [-0.1, -0.05) is 11.6 Å². The summed E-state index contributed by atoms with van der Waals surface area (Å²) in [6, 6.07) is 5.28. The Bertz CT molecular complexity index is 887. The second-order valence-corrected chi connectivity index (χ2v) is 6.84. The van der Waals surface area contributed by atoms with Crippen LogP contribution in [0.5, 0.6) is 5.88 Å². The summed E-state index contributed by atoms with van der Waals surface area (Å²) >= 11 is 11.2. The average molecular weight is 451 g/mol. The summed E-state index contributed by atoms with van der Waals surface area (Å²) in [6.07, 6.45) is -4.17. The topological polar surface area (TPSA) is 59.5 Å². The highest BCUT2D eigenvalue weighted by atomic mass is 35.5. The summed E-state index contributed by atoms with van der Waals surface area (Å²) in [5.41, 5.74) is 0.141. The maximum Gasteiger partial charge on any atom is 0.451 e. The van der Waals surface area contributed by atoms with Gasteiger partial charge in [0.15, 0.2) is 5.11 Å². The molecule has 1 aromatic heterocycles. The van der Waals surface area contributed by atoms with Crippen LogP contribution in [-0.4, -0.2) is 52.4 Å². The van der Waals surface area contributed by atoms with Gasteiger partial charge in [0.1, 0.15) is 18.5 Å². The van der Waals surface area contributed by atoms with Crippen LogP contribution in [0.2, 0.25) is 5.02 Å². The van der Waals surface area contributed by atoms with Crippen molar-refractivity contribution in [1.82, 2.24) is 14.9 Å². The van der Waals surface area contributed by atoms with Gasteiger partial charge in [-0.05, 0) is 30.4 Å². The second kappa shape index (κ2) is 9.06. The Morgan fingerprint density at radius 3 is 2.93 bits per heavy atom. The lowest BCUT2D eigenvalue weighted by Gasteiger charge is -2.34. The van der Waals surface area contributed by atoms with Crippen molar-refractivity contribution in [3.05, 3.63) is 47.1 Å². The molecule has 6 nitrogen and oxygen atoms in total. The van der Waals surface area contributed by atoms with E-state index >= 15 is 0 Å². The zero-order valence-electron chi connectivity index (χ0n) is 14.7. The maximum atomic E-state index is 13.9. The summed E-state index contributed by atoms with van der Waals surface area (Å²) < 4.78 is 62.7. The van der Waals surface area contributed by atoms with Gasteiger partial charge >= 0.3 is 6.18 Å². The number of morpholine rings is 1. The molecule has 1 aliphatic rings. The Morgan fingerprint density at radius 2 is 2.17 bits per heavy atom. The molecule has 3 rings (SSSR count). The third-order valence-corrected chi connectivity index (χ3v) is 4.49. The number of hydrogen-bond acceptors (Lipinski definition) is 5. The smallest absolute Gasteiger partial charge is 0.451 e. The fourth-order valence-corrected chi connectivity index (χ4v) is 2.98. The number of halogens is 5. The molecule has 1 aromatic carbocycles. The Morgan fingerprint density at radius 1 is 1.38 bits per heavy atom. The summed E-state index contributed by atoms with van der Waals surface area (Å²) in [7, 11) is 0. The van der Waals surface area contributed by atoms with Gasteiger partial charge in [0.2, 0.25) is 11.7 Å². The number of thiocarbonyl (C=S) groups is 1. The molecule has 29 heavy (non-hydrogen) atoms. The summed E-state index contributed by atoms with van der Waals surface area (Å²) in [5, 5.41) is 3.41. The van der Waals surface area contributed by atoms with Crippen LogP contribution >= 0.6 is 23.8 Å². The fourth-order valence-electron chi connectivity index (χ4n) is 2.53. The molecule has 1 fully saturated rings. The van der Waals surface area contributed by atoms with E-state index < -0.39 is 23.9 Å². The number of rotatable bonds is 4. The lowest BCUT2D eigenvalue weighted by molar-refractivity contribution is -0.145. The van der Waals surface area contributed by atoms with Crippen molar-refractivity contribution in [3.63, 3.8) is 0 Å². The largest absolute Gasteiger partial charge is 0.475 e. The first-order chi connectivity index (χ1) is 13.7. The van der Waals surface area contributed by atoms with Crippen LogP contribution in [0.25, 0.3) is 0 Å². The van der Waals surface area contributed by atoms with Crippen LogP contribution in [0, 0.1) is 5.82 Å². The molecule has 1 N–H and O–H groups in total. The highest BCUT2D eigenvalue weighted by Crippen LogP contribution is 2.27. The number of alkyl halides is 3. The van der Waals surface area contributed by atoms with E-state index in [0.29, 0.717) is 24.7 Å². The van der Waals surface area contributed by atoms with Crippen LogP contribution in [0.3, 0.4) is 0 Å². The number of hydrogen-bond donors (Lipinski definition) is 1. The van der Waals surface area contributed by atoms with Crippen LogP contribution < -0.4 is 10.1 Å². The van der Waals surface area contributed by atoms with E-state index in [1.807, 2.05) is 0 Å². The van der Waals surface area contributed by atoms with Crippen LogP contribution in [-0.2, 0) is 10.9 Å². The van der Waals surface area contributed by atoms with Gasteiger partial charge in [-0.25, -0.2) is 9.37 Å². The van der Waals surface area contributed by atoms with Crippen molar-refractivity contribution in [2.75, 3.05) is 31.6 Å². The normalized spacial score (nSPS) is 17.1. The Balaban J connectivity index is 1.56. The van der Waals surface area contributed by atoms with Crippen molar-refractivity contribution >= 4 is 34.6 Å². The molecule has 156 valence electrons. The summed E-state index contributed by atoms with van der Waals surface area (Å²) in [4.78, 5) is 8.25. The Kier molecular flexibility index (Phi) is 6.70. The minimum absolute atomic E-state index is 0.0427. The molecule has 1 unspecified atom stereocenters. The van der Waals surface area contributed by atoms with E-state index in [4.69, 9.17) is 33.3 Å². The molecule has 2 heterocycles. The monoisotopic (exact) mass is 450 g/mol. The SMILES string of the molecule is Fc1ccc(Cl)cc1NC(=S)N1CCOC(COc2ccnc(C(F)(F)F)n2)C1. The van der Waals surface area contributed by atoms with Gasteiger partial charge in [-0.2, -0.15) is 18.2 Å². The highest BCUT2D eigenvalue weighted by Gasteiger charge is 2.35. The molecular weight excluding hydrogens is 436 g/mol. The third kappa shape index (κ3) is 5.87. The van der Waals surface area contributed by atoms with E-state index in [1.165, 1.54) is 24.3 Å². The molecule has 0 radical (unpaired) electrons. The van der Waals surface area contributed by atoms with Crippen molar-refractivity contribution in [1.29, 1.82) is 0 Å². The van der Waals surface area contributed by atoms with Crippen LogP contribution in [0.4, 0.5) is 23.2 Å². The van der Waals surface area contributed by atoms with Gasteiger partial charge in [-0.3, -0.25) is 0 Å². The first-order valence-electron chi connectivity index (χ1n) is 8.38. The molecule has 1 atom stereocenters. The predicted molar refractivity (Wildman–Crippen MR) is 101 cm³/mol. The molecule has 0 aliphatic carbocycles. The highest BCUT2D eigenvalue weighted by molar-refractivity contribution is 7.80. The number of anilines is 1. The third-order valence-electron chi connectivity index (χ3n) is 3.90. The average Bonchev–Trinajstić information content (AvgIpc) is 2.69. The van der Waals surface area contributed by atoms with Crippen LogP contribution in [0.1, 0.15) is 5.82 Å². The van der Waals surface area contributed by atoms with E-state index in [-0.39, 0.29) is 23.3 Å². The van der Waals surface area contributed by atoms with Crippen molar-refractivity contribution < 1.29 is 27.0 Å². The molecule has 1 aliphatic heterocycles. The standard InChI is InChI=1S/C17H15ClF4N4O2S/c18-10-1-2-12(19)13(7-10)24-16(29)26-5-6-27-11(8-26)9-28-14-3-4-23-15(25-14)17(20,21)22/h1-4,7,11H,5-6,8-9H2,(H,24,29). The zero-order valence-corrected chi connectivity index (χ0v) is 16.3. The van der Waals surface area contributed by atoms with Crippen molar-refractivity contribution in [2.45, 2.75) is 12.3 Å². The van der Waals surface area contributed by atoms with Crippen LogP contribution in [0.15, 0.2) is 30.5 Å². The number of nitrogens with one attached hydrogen (secondary N) is 1. The summed E-state index contributed by atoms with van der Waals surface area (Å²) in [6.45, 7) is 1.02. The predicted octanol–water partition coefficient (Wildman–Crippen LogP) is 3.76. The quantitative estimate of drug-likeness (QED) is 0.562. The first-order valence-corrected chi connectivity index (χ1v) is 9.16. The van der Waals surface area contributed by atoms with Gasteiger partial charge in [0.05, 0.1) is 12.3 Å². The number of ether oxygens (including phenoxy) is 2. The lowest BCUT2D eigenvalue weighted by atomic mass is 10.3. The molecule has 0 saturated carbocycles. The Hall–Kier alpha value is -2.24. The van der Waals surface area contributed by atoms with E-state index in [1.54, 1.807) is 4.90 Å². The molecule has 12 heteroatoms. The van der Waals surface area contributed by atoms with Crippen molar-refractivity contribution in [3.8, 4) is 5.88 Å². The first kappa shape index (κ1) is 21.5. The zero-order chi connectivity index (χ0) is 21.0. The van der Waals surface area contributed by atoms with E-state index in [2.05, 4.69) is 15.3 Å². The second-order valence-electron chi connectivity index (χ2n) is 6.02. The molecule has 0 spiro atoms. The lowest BCUT2D eigenvalue weighted by Crippen LogP contribution is -2.49. The molecule has 1 saturated heterocycles. The van der Waals surface area contributed by atoms with Gasteiger partial charge < -0.3 is 19.7 Å². The molecule has 0 amide bonds. The number of benzene rings is 1. The minimum Gasteiger partial charge on any atom is -0.475 e. The number of nitrogens with zero attached hydrogens (tertiary/aromatic N) is 3. The fraction of sp³-hybridized carbons (Fsp3) is 0.353. The van der Waals surface area contributed by atoms with E-state index in [0.717, 1.165) is 6.20 Å². The van der Waals surface area contributed by atoms with E-state index in [9.17, 15) is 17.6 Å². The molecule has 2 aromatic rings. The number of aromatic nitrogens is 2. The maximum absolute atomic E-state index is 13.9. The Labute approximate surface area is 173 Å². The van der Waals surface area contributed by atoms with Gasteiger partial charge in [0, 0.05) is 30.4 Å². The van der Waals surface area contributed by atoms with Gasteiger partial charge in [-0.15, -0.1) is 0 Å². The molecule has 0 bridgehead atoms. The molecular formula is C17H15ClF4N4O2S. The van der Waals surface area contributed by atoms with Gasteiger partial charge in [0.25, 0.3) is 0 Å². The van der Waals surface area contributed by atoms with Crippen molar-refractivity contribution in [2.24, 2.45) is 0 Å².